The van der Waals surface area contributed by atoms with Gasteiger partial charge in [-0.25, -0.2) is 15.0 Å². The van der Waals surface area contributed by atoms with Gasteiger partial charge >= 0.3 is 18.0 Å². The third-order valence-electron chi connectivity index (χ3n) is 4.86. The fraction of sp³-hybridized carbons (Fsp3) is 0.444. The van der Waals surface area contributed by atoms with Crippen molar-refractivity contribution < 1.29 is 24.3 Å². The number of hydrogen-bond acceptors (Lipinski definition) is 4. The molecule has 2 atom stereocenters. The number of carboxylic acid groups (broad SMARTS) is 1. The number of halogens is 1. The lowest BCUT2D eigenvalue weighted by molar-refractivity contribution is -0.142. The number of carbonyl (C=O) groups is 4. The number of benzene rings is 1. The molecule has 1 aromatic carbocycles. The fourth-order valence-electron chi connectivity index (χ4n) is 3.44. The molecule has 0 aromatic heterocycles. The molecule has 1 aromatic rings. The number of anilines is 1. The number of carboxylic acids is 1. The van der Waals surface area contributed by atoms with Crippen molar-refractivity contribution in [1.82, 2.24) is 15.8 Å². The molecule has 0 saturated carbocycles. The highest BCUT2D eigenvalue weighted by molar-refractivity contribution is 9.10. The van der Waals surface area contributed by atoms with Crippen molar-refractivity contribution in [2.75, 3.05) is 5.32 Å². The second-order valence-electron chi connectivity index (χ2n) is 6.87. The largest absolute Gasteiger partial charge is 0.481 e. The normalized spacial score (nSPS) is 20.1. The average molecular weight is 455 g/mol. The smallest absolute Gasteiger partial charge is 0.344 e. The van der Waals surface area contributed by atoms with Crippen LogP contribution < -0.4 is 16.1 Å². The minimum atomic E-state index is -1.41. The summed E-state index contributed by atoms with van der Waals surface area (Å²) in [7, 11) is 0. The monoisotopic (exact) mass is 454 g/mol. The zero-order chi connectivity index (χ0) is 21.1. The van der Waals surface area contributed by atoms with Crippen molar-refractivity contribution in [2.24, 2.45) is 11.8 Å². The number of amides is 5. The Labute approximate surface area is 170 Å². The van der Waals surface area contributed by atoms with E-state index in [0.29, 0.717) is 17.1 Å². The third kappa shape index (κ3) is 4.27. The number of nitrogens with zero attached hydrogens (tertiary/aromatic N) is 1. The number of hydrogen-bond donors (Lipinski definition) is 4. The number of aliphatic carboxylic acids is 1. The quantitative estimate of drug-likeness (QED) is 0.470. The second-order valence-corrected chi connectivity index (χ2v) is 7.79. The Hall–Kier alpha value is -2.62. The standard InChI is InChI=1S/C18H23BrN4O5/c1-4-11(9-14(24)25)18(10(2)3)15(26)23(17(28)21-18)22-16(27)20-13-7-5-12(19)6-8-13/h5-8,10-11H,4,9H2,1-3H3,(H,21,28)(H,24,25)(H2,20,22,27). The maximum absolute atomic E-state index is 13.1. The van der Waals surface area contributed by atoms with Gasteiger partial charge in [0, 0.05) is 16.1 Å². The van der Waals surface area contributed by atoms with E-state index in [9.17, 15) is 24.3 Å². The van der Waals surface area contributed by atoms with E-state index < -0.39 is 35.4 Å². The first kappa shape index (κ1) is 21.7. The van der Waals surface area contributed by atoms with Crippen LogP contribution >= 0.6 is 15.9 Å². The Morgan fingerprint density at radius 1 is 1.25 bits per heavy atom. The lowest BCUT2D eigenvalue weighted by atomic mass is 9.72. The molecule has 1 heterocycles. The minimum absolute atomic E-state index is 0.278. The lowest BCUT2D eigenvalue weighted by Gasteiger charge is -2.37. The van der Waals surface area contributed by atoms with Crippen LogP contribution in [-0.4, -0.2) is 39.6 Å². The van der Waals surface area contributed by atoms with Crippen LogP contribution in [0.3, 0.4) is 0 Å². The van der Waals surface area contributed by atoms with Gasteiger partial charge in [-0.1, -0.05) is 36.7 Å². The van der Waals surface area contributed by atoms with Gasteiger partial charge in [0.15, 0.2) is 0 Å². The number of nitrogens with one attached hydrogen (secondary N) is 3. The minimum Gasteiger partial charge on any atom is -0.481 e. The second kappa shape index (κ2) is 8.59. The Morgan fingerprint density at radius 3 is 2.36 bits per heavy atom. The van der Waals surface area contributed by atoms with Gasteiger partial charge in [-0.3, -0.25) is 9.59 Å². The molecule has 0 aliphatic carbocycles. The fourth-order valence-corrected chi connectivity index (χ4v) is 3.70. The maximum atomic E-state index is 13.1. The zero-order valence-corrected chi connectivity index (χ0v) is 17.4. The van der Waals surface area contributed by atoms with Crippen LogP contribution in [0.1, 0.15) is 33.6 Å². The predicted molar refractivity (Wildman–Crippen MR) is 105 cm³/mol. The lowest BCUT2D eigenvalue weighted by Crippen LogP contribution is -2.58. The highest BCUT2D eigenvalue weighted by Crippen LogP contribution is 2.36. The van der Waals surface area contributed by atoms with Gasteiger partial charge in [-0.15, -0.1) is 0 Å². The molecule has 1 aliphatic rings. The van der Waals surface area contributed by atoms with Crippen LogP contribution in [0.25, 0.3) is 0 Å². The highest BCUT2D eigenvalue weighted by Gasteiger charge is 2.58. The summed E-state index contributed by atoms with van der Waals surface area (Å²) >= 11 is 3.29. The molecule has 1 aliphatic heterocycles. The molecule has 5 amide bonds. The number of rotatable bonds is 7. The summed E-state index contributed by atoms with van der Waals surface area (Å²) in [5.41, 5.74) is 1.31. The Balaban J connectivity index is 2.21. The van der Waals surface area contributed by atoms with Crippen molar-refractivity contribution >= 4 is 45.6 Å². The molecule has 152 valence electrons. The van der Waals surface area contributed by atoms with Crippen LogP contribution in [0, 0.1) is 11.8 Å². The predicted octanol–water partition coefficient (Wildman–Crippen LogP) is 2.93. The maximum Gasteiger partial charge on any atom is 0.344 e. The van der Waals surface area contributed by atoms with Gasteiger partial charge in [-0.2, -0.15) is 5.01 Å². The summed E-state index contributed by atoms with van der Waals surface area (Å²) < 4.78 is 0.832. The molecule has 0 spiro atoms. The van der Waals surface area contributed by atoms with Crippen LogP contribution in [0.4, 0.5) is 15.3 Å². The van der Waals surface area contributed by atoms with Crippen molar-refractivity contribution in [3.05, 3.63) is 28.7 Å². The average Bonchev–Trinajstić information content (AvgIpc) is 2.87. The SMILES string of the molecule is CCC(CC(=O)O)C1(C(C)C)NC(=O)N(NC(=O)Nc2ccc(Br)cc2)C1=O. The van der Waals surface area contributed by atoms with Crippen LogP contribution in [0.5, 0.6) is 0 Å². The molecule has 10 heteroatoms. The third-order valence-corrected chi connectivity index (χ3v) is 5.39. The van der Waals surface area contributed by atoms with E-state index in [0.717, 1.165) is 4.47 Å². The zero-order valence-electron chi connectivity index (χ0n) is 15.8. The van der Waals surface area contributed by atoms with E-state index in [1.54, 1.807) is 45.0 Å². The molecule has 1 saturated heterocycles. The molecular weight excluding hydrogens is 432 g/mol. The Morgan fingerprint density at radius 2 is 1.86 bits per heavy atom. The van der Waals surface area contributed by atoms with E-state index >= 15 is 0 Å². The molecule has 1 fully saturated rings. The Bertz CT molecular complexity index is 783. The first-order chi connectivity index (χ1) is 13.1. The molecule has 0 radical (unpaired) electrons. The molecule has 4 N–H and O–H groups in total. The topological polar surface area (TPSA) is 128 Å². The number of carbonyl (C=O) groups excluding carboxylic acids is 3. The van der Waals surface area contributed by atoms with Crippen molar-refractivity contribution in [3.8, 4) is 0 Å². The molecule has 2 rings (SSSR count). The van der Waals surface area contributed by atoms with E-state index in [2.05, 4.69) is 32.0 Å². The van der Waals surface area contributed by atoms with Gasteiger partial charge in [0.1, 0.15) is 5.54 Å². The molecule has 28 heavy (non-hydrogen) atoms. The van der Waals surface area contributed by atoms with Crippen LogP contribution in [0.2, 0.25) is 0 Å². The summed E-state index contributed by atoms with van der Waals surface area (Å²) in [6, 6.07) is 5.18. The van der Waals surface area contributed by atoms with Crippen LogP contribution in [0.15, 0.2) is 28.7 Å². The summed E-state index contributed by atoms with van der Waals surface area (Å²) in [5, 5.41) is 15.0. The summed E-state index contributed by atoms with van der Waals surface area (Å²) in [4.78, 5) is 49.0. The van der Waals surface area contributed by atoms with E-state index in [-0.39, 0.29) is 12.3 Å². The van der Waals surface area contributed by atoms with E-state index in [4.69, 9.17) is 0 Å². The molecule has 0 bridgehead atoms. The van der Waals surface area contributed by atoms with Gasteiger partial charge < -0.3 is 15.7 Å². The van der Waals surface area contributed by atoms with E-state index in [1.807, 2.05) is 0 Å². The Kier molecular flexibility index (Phi) is 6.65. The number of urea groups is 2. The van der Waals surface area contributed by atoms with Crippen LogP contribution in [-0.2, 0) is 9.59 Å². The highest BCUT2D eigenvalue weighted by atomic mass is 79.9. The van der Waals surface area contributed by atoms with Gasteiger partial charge in [-0.05, 0) is 36.6 Å². The van der Waals surface area contributed by atoms with Crippen molar-refractivity contribution in [3.63, 3.8) is 0 Å². The van der Waals surface area contributed by atoms with Gasteiger partial charge in [0.25, 0.3) is 5.91 Å². The van der Waals surface area contributed by atoms with E-state index in [1.165, 1.54) is 0 Å². The van der Waals surface area contributed by atoms with Gasteiger partial charge in [0.2, 0.25) is 0 Å². The van der Waals surface area contributed by atoms with Crippen molar-refractivity contribution in [1.29, 1.82) is 0 Å². The summed E-state index contributed by atoms with van der Waals surface area (Å²) in [5.74, 6) is -2.74. The molecule has 9 nitrogen and oxygen atoms in total. The van der Waals surface area contributed by atoms with Gasteiger partial charge in [0.05, 0.1) is 6.42 Å². The van der Waals surface area contributed by atoms with Crippen molar-refractivity contribution in [2.45, 2.75) is 39.2 Å². The number of imide groups is 1. The molecular formula is C18H23BrN4O5. The summed E-state index contributed by atoms with van der Waals surface area (Å²) in [6.45, 7) is 5.22. The summed E-state index contributed by atoms with van der Waals surface area (Å²) in [6.07, 6.45) is 0.0923. The molecule has 2 unspecified atom stereocenters. The first-order valence-electron chi connectivity index (χ1n) is 8.83. The number of hydrazine groups is 1. The first-order valence-corrected chi connectivity index (χ1v) is 9.62.